The predicted octanol–water partition coefficient (Wildman–Crippen LogP) is 3.59. The summed E-state index contributed by atoms with van der Waals surface area (Å²) in [5, 5.41) is 12.1. The van der Waals surface area contributed by atoms with Crippen LogP contribution in [0.5, 0.6) is 0 Å². The molecule has 0 aliphatic heterocycles. The molecule has 3 heterocycles. The third-order valence-corrected chi connectivity index (χ3v) is 5.17. The van der Waals surface area contributed by atoms with Crippen molar-refractivity contribution >= 4 is 28.6 Å². The van der Waals surface area contributed by atoms with E-state index in [2.05, 4.69) is 15.5 Å². The monoisotopic (exact) mass is 432 g/mol. The number of benzene rings is 1. The van der Waals surface area contributed by atoms with Crippen LogP contribution in [0.15, 0.2) is 42.7 Å². The Bertz CT molecular complexity index is 1320. The van der Waals surface area contributed by atoms with E-state index in [-0.39, 0.29) is 23.9 Å². The van der Waals surface area contributed by atoms with Crippen molar-refractivity contribution in [3.8, 4) is 11.3 Å². The van der Waals surface area contributed by atoms with Gasteiger partial charge in [0.25, 0.3) is 5.91 Å². The summed E-state index contributed by atoms with van der Waals surface area (Å²) in [5.74, 6) is -0.649. The summed E-state index contributed by atoms with van der Waals surface area (Å²) in [6.07, 6.45) is 3.31. The Labute approximate surface area is 185 Å². The highest BCUT2D eigenvalue weighted by Crippen LogP contribution is 2.28. The first-order chi connectivity index (χ1) is 15.4. The van der Waals surface area contributed by atoms with Gasteiger partial charge in [0.2, 0.25) is 0 Å². The first-order valence-corrected chi connectivity index (χ1v) is 10.4. The van der Waals surface area contributed by atoms with E-state index in [9.17, 15) is 9.59 Å². The molecule has 0 spiro atoms. The molecule has 0 unspecified atom stereocenters. The van der Waals surface area contributed by atoms with Crippen molar-refractivity contribution in [2.75, 3.05) is 11.9 Å². The van der Waals surface area contributed by atoms with Gasteiger partial charge in [-0.3, -0.25) is 14.2 Å². The van der Waals surface area contributed by atoms with Gasteiger partial charge in [0.05, 0.1) is 35.3 Å². The summed E-state index contributed by atoms with van der Waals surface area (Å²) < 4.78 is 8.35. The standard InChI is InChI=1S/C23H24N6O3/c1-5-29-13-18(14(3)27-29)20-11-16(15-9-7-8-10-19(15)25-20)22(30)26-21-17(12-24-28(21)4)23(31)32-6-2/h7-13H,5-6H2,1-4H3,(H,26,30). The zero-order valence-corrected chi connectivity index (χ0v) is 18.4. The number of ether oxygens (including phenoxy) is 1. The smallest absolute Gasteiger partial charge is 0.343 e. The Morgan fingerprint density at radius 2 is 1.94 bits per heavy atom. The van der Waals surface area contributed by atoms with E-state index in [1.807, 2.05) is 49.0 Å². The first kappa shape index (κ1) is 21.2. The fourth-order valence-electron chi connectivity index (χ4n) is 3.55. The lowest BCUT2D eigenvalue weighted by Gasteiger charge is -2.11. The molecule has 0 saturated carbocycles. The molecule has 1 aromatic carbocycles. The molecule has 0 fully saturated rings. The molecule has 1 N–H and O–H groups in total. The lowest BCUT2D eigenvalue weighted by atomic mass is 10.0. The molecule has 9 heteroatoms. The van der Waals surface area contributed by atoms with Crippen LogP contribution >= 0.6 is 0 Å². The van der Waals surface area contributed by atoms with Gasteiger partial charge in [0, 0.05) is 30.7 Å². The zero-order chi connectivity index (χ0) is 22.8. The number of nitrogens with zero attached hydrogens (tertiary/aromatic N) is 5. The van der Waals surface area contributed by atoms with Gasteiger partial charge in [-0.25, -0.2) is 9.78 Å². The SMILES string of the molecule is CCOC(=O)c1cnn(C)c1NC(=O)c1cc(-c2cn(CC)nc2C)nc2ccccc12. The third kappa shape index (κ3) is 3.84. The number of nitrogens with one attached hydrogen (secondary N) is 1. The van der Waals surface area contributed by atoms with Crippen LogP contribution in [0.25, 0.3) is 22.2 Å². The van der Waals surface area contributed by atoms with Crippen LogP contribution in [0.1, 0.15) is 40.3 Å². The van der Waals surface area contributed by atoms with Crippen LogP contribution in [-0.4, -0.2) is 43.0 Å². The van der Waals surface area contributed by atoms with Crippen molar-refractivity contribution in [1.29, 1.82) is 0 Å². The highest BCUT2D eigenvalue weighted by Gasteiger charge is 2.22. The fraction of sp³-hybridized carbons (Fsp3) is 0.261. The number of amides is 1. The van der Waals surface area contributed by atoms with Crippen molar-refractivity contribution in [3.05, 3.63) is 59.5 Å². The maximum absolute atomic E-state index is 13.4. The van der Waals surface area contributed by atoms with E-state index in [1.54, 1.807) is 20.0 Å². The number of pyridine rings is 1. The molecule has 1 amide bonds. The zero-order valence-electron chi connectivity index (χ0n) is 18.4. The van der Waals surface area contributed by atoms with Crippen molar-refractivity contribution in [2.45, 2.75) is 27.3 Å². The summed E-state index contributed by atoms with van der Waals surface area (Å²) >= 11 is 0. The van der Waals surface area contributed by atoms with Gasteiger partial charge in [-0.2, -0.15) is 10.2 Å². The van der Waals surface area contributed by atoms with E-state index < -0.39 is 5.97 Å². The molecule has 0 bridgehead atoms. The summed E-state index contributed by atoms with van der Waals surface area (Å²) in [5.41, 5.74) is 3.67. The van der Waals surface area contributed by atoms with Crippen LogP contribution in [0.2, 0.25) is 0 Å². The number of anilines is 1. The number of aromatic nitrogens is 5. The molecule has 164 valence electrons. The highest BCUT2D eigenvalue weighted by atomic mass is 16.5. The van der Waals surface area contributed by atoms with E-state index in [0.717, 1.165) is 17.8 Å². The Balaban J connectivity index is 1.79. The largest absolute Gasteiger partial charge is 0.462 e. The molecule has 32 heavy (non-hydrogen) atoms. The number of hydrogen-bond acceptors (Lipinski definition) is 6. The van der Waals surface area contributed by atoms with E-state index >= 15 is 0 Å². The molecule has 4 rings (SSSR count). The fourth-order valence-corrected chi connectivity index (χ4v) is 3.55. The molecule has 4 aromatic rings. The molecule has 3 aromatic heterocycles. The van der Waals surface area contributed by atoms with E-state index in [4.69, 9.17) is 9.72 Å². The van der Waals surface area contributed by atoms with Gasteiger partial charge in [-0.05, 0) is 32.9 Å². The summed E-state index contributed by atoms with van der Waals surface area (Å²) in [6.45, 7) is 6.61. The second-order valence-corrected chi connectivity index (χ2v) is 7.26. The molecule has 0 radical (unpaired) electrons. The second-order valence-electron chi connectivity index (χ2n) is 7.26. The minimum absolute atomic E-state index is 0.196. The van der Waals surface area contributed by atoms with Gasteiger partial charge in [-0.1, -0.05) is 18.2 Å². The molecule has 0 saturated heterocycles. The Kier molecular flexibility index (Phi) is 5.72. The summed E-state index contributed by atoms with van der Waals surface area (Å²) in [7, 11) is 1.65. The van der Waals surface area contributed by atoms with Crippen LogP contribution in [0.3, 0.4) is 0 Å². The summed E-state index contributed by atoms with van der Waals surface area (Å²) in [4.78, 5) is 30.4. The number of esters is 1. The van der Waals surface area contributed by atoms with Gasteiger partial charge in [0.1, 0.15) is 11.4 Å². The first-order valence-electron chi connectivity index (χ1n) is 10.4. The van der Waals surface area contributed by atoms with E-state index in [0.29, 0.717) is 22.2 Å². The number of aryl methyl sites for hydroxylation is 3. The maximum atomic E-state index is 13.4. The number of fused-ring (bicyclic) bond motifs is 1. The molecular weight excluding hydrogens is 408 g/mol. The lowest BCUT2D eigenvalue weighted by Crippen LogP contribution is -2.18. The van der Waals surface area contributed by atoms with Gasteiger partial charge in [-0.15, -0.1) is 0 Å². The summed E-state index contributed by atoms with van der Waals surface area (Å²) in [6, 6.07) is 9.20. The van der Waals surface area contributed by atoms with E-state index in [1.165, 1.54) is 10.9 Å². The molecule has 0 atom stereocenters. The van der Waals surface area contributed by atoms with Crippen LogP contribution in [-0.2, 0) is 18.3 Å². The van der Waals surface area contributed by atoms with Gasteiger partial charge < -0.3 is 10.1 Å². The topological polar surface area (TPSA) is 104 Å². The number of carbonyl (C=O) groups is 2. The Morgan fingerprint density at radius 1 is 1.16 bits per heavy atom. The van der Waals surface area contributed by atoms with Crippen molar-refractivity contribution in [3.63, 3.8) is 0 Å². The van der Waals surface area contributed by atoms with Crippen molar-refractivity contribution in [1.82, 2.24) is 24.5 Å². The van der Waals surface area contributed by atoms with Crippen LogP contribution < -0.4 is 5.32 Å². The molecular formula is C23H24N6O3. The quantitative estimate of drug-likeness (QED) is 0.467. The van der Waals surface area contributed by atoms with Gasteiger partial charge in [0.15, 0.2) is 0 Å². The van der Waals surface area contributed by atoms with Crippen molar-refractivity contribution in [2.24, 2.45) is 7.05 Å². The predicted molar refractivity (Wildman–Crippen MR) is 120 cm³/mol. The normalized spacial score (nSPS) is 11.0. The highest BCUT2D eigenvalue weighted by molar-refractivity contribution is 6.14. The maximum Gasteiger partial charge on any atom is 0.343 e. The lowest BCUT2D eigenvalue weighted by molar-refractivity contribution is 0.0527. The Morgan fingerprint density at radius 3 is 2.66 bits per heavy atom. The van der Waals surface area contributed by atoms with Crippen LogP contribution in [0.4, 0.5) is 5.82 Å². The second kappa shape index (κ2) is 8.62. The molecule has 9 nitrogen and oxygen atoms in total. The van der Waals surface area contributed by atoms with Crippen LogP contribution in [0, 0.1) is 6.92 Å². The minimum Gasteiger partial charge on any atom is -0.462 e. The molecule has 0 aliphatic carbocycles. The number of rotatable bonds is 6. The molecule has 0 aliphatic rings. The Hall–Kier alpha value is -4.01. The number of hydrogen-bond donors (Lipinski definition) is 1. The average molecular weight is 432 g/mol. The number of para-hydroxylation sites is 1. The third-order valence-electron chi connectivity index (χ3n) is 5.17. The van der Waals surface area contributed by atoms with Gasteiger partial charge >= 0.3 is 5.97 Å². The minimum atomic E-state index is -0.543. The average Bonchev–Trinajstić information content (AvgIpc) is 3.35. The van der Waals surface area contributed by atoms with Crippen molar-refractivity contribution < 1.29 is 14.3 Å². The number of carbonyl (C=O) groups excluding carboxylic acids is 2.